The number of fused-ring (bicyclic) bond motifs is 1. The monoisotopic (exact) mass is 291 g/mol. The van der Waals surface area contributed by atoms with E-state index in [-0.39, 0.29) is 0 Å². The molecule has 5 nitrogen and oxygen atoms in total. The number of anilines is 1. The molecule has 0 bridgehead atoms. The minimum absolute atomic E-state index is 0.305. The minimum atomic E-state index is 0.305. The number of ether oxygens (including phenoxy) is 2. The third-order valence-electron chi connectivity index (χ3n) is 3.16. The van der Waals surface area contributed by atoms with E-state index >= 15 is 0 Å². The molecule has 2 heterocycles. The molecule has 3 rings (SSSR count). The van der Waals surface area contributed by atoms with Crippen molar-refractivity contribution in [2.75, 3.05) is 19.6 Å². The van der Waals surface area contributed by atoms with Crippen LogP contribution in [0.4, 0.5) is 5.69 Å². The molecular weight excluding hydrogens is 274 g/mol. The van der Waals surface area contributed by atoms with Gasteiger partial charge in [-0.15, -0.1) is 11.3 Å². The third kappa shape index (κ3) is 2.92. The molecule has 2 aromatic rings. The van der Waals surface area contributed by atoms with E-state index in [0.29, 0.717) is 13.4 Å². The Hall–Kier alpha value is -1.63. The molecule has 0 unspecified atom stereocenters. The van der Waals surface area contributed by atoms with Gasteiger partial charge in [-0.1, -0.05) is 0 Å². The van der Waals surface area contributed by atoms with Crippen LogP contribution in [0.2, 0.25) is 0 Å². The lowest BCUT2D eigenvalue weighted by Crippen LogP contribution is -2.20. The van der Waals surface area contributed by atoms with Crippen molar-refractivity contribution in [2.45, 2.75) is 19.7 Å². The van der Waals surface area contributed by atoms with Crippen molar-refractivity contribution in [3.63, 3.8) is 0 Å². The van der Waals surface area contributed by atoms with Crippen molar-refractivity contribution in [1.29, 1.82) is 0 Å². The van der Waals surface area contributed by atoms with E-state index < -0.39 is 0 Å². The fourth-order valence-corrected chi connectivity index (χ4v) is 2.93. The van der Waals surface area contributed by atoms with Crippen LogP contribution in [0.15, 0.2) is 23.0 Å². The summed E-state index contributed by atoms with van der Waals surface area (Å²) in [6.45, 7) is 2.44. The SMILES string of the molecule is CN(Cc1cscn1)Cc1cc(N)cc2c1OCOC2. The Morgan fingerprint density at radius 3 is 3.10 bits per heavy atom. The number of rotatable bonds is 4. The van der Waals surface area contributed by atoms with E-state index in [2.05, 4.69) is 22.3 Å². The first-order chi connectivity index (χ1) is 9.72. The average Bonchev–Trinajstić information content (AvgIpc) is 2.91. The summed E-state index contributed by atoms with van der Waals surface area (Å²) in [7, 11) is 2.06. The van der Waals surface area contributed by atoms with Crippen molar-refractivity contribution in [1.82, 2.24) is 9.88 Å². The highest BCUT2D eigenvalue weighted by atomic mass is 32.1. The first kappa shape index (κ1) is 13.4. The van der Waals surface area contributed by atoms with Crippen LogP contribution in [-0.2, 0) is 24.4 Å². The maximum atomic E-state index is 5.95. The maximum Gasteiger partial charge on any atom is 0.189 e. The predicted molar refractivity (Wildman–Crippen MR) is 78.4 cm³/mol. The molecule has 0 atom stereocenters. The van der Waals surface area contributed by atoms with Crippen LogP contribution in [0.1, 0.15) is 16.8 Å². The Labute approximate surface area is 121 Å². The Kier molecular flexibility index (Phi) is 3.86. The van der Waals surface area contributed by atoms with Gasteiger partial charge in [0.1, 0.15) is 5.75 Å². The second kappa shape index (κ2) is 5.78. The molecule has 0 amide bonds. The lowest BCUT2D eigenvalue weighted by Gasteiger charge is -2.23. The second-order valence-electron chi connectivity index (χ2n) is 4.93. The molecule has 1 aliphatic rings. The number of hydrogen-bond donors (Lipinski definition) is 1. The van der Waals surface area contributed by atoms with Gasteiger partial charge in [-0.3, -0.25) is 4.90 Å². The molecule has 1 aliphatic heterocycles. The molecule has 1 aromatic heterocycles. The molecule has 0 spiro atoms. The highest BCUT2D eigenvalue weighted by molar-refractivity contribution is 7.07. The summed E-state index contributed by atoms with van der Waals surface area (Å²) in [5.41, 5.74) is 11.8. The normalized spacial score (nSPS) is 14.1. The van der Waals surface area contributed by atoms with Gasteiger partial charge in [-0.25, -0.2) is 4.98 Å². The lowest BCUT2D eigenvalue weighted by atomic mass is 10.1. The van der Waals surface area contributed by atoms with Crippen molar-refractivity contribution < 1.29 is 9.47 Å². The van der Waals surface area contributed by atoms with Crippen LogP contribution in [0.25, 0.3) is 0 Å². The predicted octanol–water partition coefficient (Wildman–Crippen LogP) is 2.22. The zero-order chi connectivity index (χ0) is 13.9. The van der Waals surface area contributed by atoms with Gasteiger partial charge in [0.05, 0.1) is 17.8 Å². The zero-order valence-corrected chi connectivity index (χ0v) is 12.2. The maximum absolute atomic E-state index is 5.95. The van der Waals surface area contributed by atoms with Gasteiger partial charge >= 0.3 is 0 Å². The van der Waals surface area contributed by atoms with Crippen LogP contribution in [0.3, 0.4) is 0 Å². The van der Waals surface area contributed by atoms with E-state index in [4.69, 9.17) is 15.2 Å². The van der Waals surface area contributed by atoms with E-state index in [1.54, 1.807) is 11.3 Å². The molecule has 0 saturated carbocycles. The molecule has 0 saturated heterocycles. The lowest BCUT2D eigenvalue weighted by molar-refractivity contribution is -0.0173. The van der Waals surface area contributed by atoms with Gasteiger partial charge in [-0.05, 0) is 19.2 Å². The number of nitrogen functional groups attached to an aromatic ring is 1. The van der Waals surface area contributed by atoms with Crippen molar-refractivity contribution >= 4 is 17.0 Å². The van der Waals surface area contributed by atoms with Gasteiger partial charge < -0.3 is 15.2 Å². The molecule has 0 fully saturated rings. The number of nitrogens with two attached hydrogens (primary N) is 1. The number of hydrogen-bond acceptors (Lipinski definition) is 6. The highest BCUT2D eigenvalue weighted by Crippen LogP contribution is 2.31. The Morgan fingerprint density at radius 1 is 1.40 bits per heavy atom. The van der Waals surface area contributed by atoms with E-state index in [9.17, 15) is 0 Å². The average molecular weight is 291 g/mol. The summed E-state index contributed by atoms with van der Waals surface area (Å²) >= 11 is 1.61. The Bertz CT molecular complexity index is 586. The summed E-state index contributed by atoms with van der Waals surface area (Å²) in [4.78, 5) is 6.50. The smallest absolute Gasteiger partial charge is 0.189 e. The molecule has 106 valence electrons. The molecule has 6 heteroatoms. The summed E-state index contributed by atoms with van der Waals surface area (Å²) in [6, 6.07) is 3.89. The first-order valence-corrected chi connectivity index (χ1v) is 7.34. The molecule has 2 N–H and O–H groups in total. The molecule has 1 aromatic carbocycles. The highest BCUT2D eigenvalue weighted by Gasteiger charge is 2.17. The molecule has 20 heavy (non-hydrogen) atoms. The minimum Gasteiger partial charge on any atom is -0.467 e. The standard InChI is InChI=1S/C14H17N3O2S/c1-17(5-13-7-20-8-16-13)4-10-2-12(15)3-11-6-18-9-19-14(10)11/h2-3,7-8H,4-6,9,15H2,1H3. The van der Waals surface area contributed by atoms with Crippen LogP contribution in [0.5, 0.6) is 5.75 Å². The van der Waals surface area contributed by atoms with Gasteiger partial charge in [-0.2, -0.15) is 0 Å². The van der Waals surface area contributed by atoms with Gasteiger partial charge in [0.2, 0.25) is 0 Å². The second-order valence-corrected chi connectivity index (χ2v) is 5.65. The van der Waals surface area contributed by atoms with E-state index in [1.165, 1.54) is 0 Å². The molecular formula is C14H17N3O2S. The van der Waals surface area contributed by atoms with E-state index in [1.807, 2.05) is 17.6 Å². The fraction of sp³-hybridized carbons (Fsp3) is 0.357. The number of benzene rings is 1. The summed E-state index contributed by atoms with van der Waals surface area (Å²) in [5, 5.41) is 2.07. The van der Waals surface area contributed by atoms with E-state index in [0.717, 1.165) is 41.3 Å². The van der Waals surface area contributed by atoms with Crippen LogP contribution >= 0.6 is 11.3 Å². The first-order valence-electron chi connectivity index (χ1n) is 6.40. The van der Waals surface area contributed by atoms with Crippen molar-refractivity contribution in [3.05, 3.63) is 39.8 Å². The third-order valence-corrected chi connectivity index (χ3v) is 3.80. The quantitative estimate of drug-likeness (QED) is 0.875. The number of thiazole rings is 1. The van der Waals surface area contributed by atoms with Crippen molar-refractivity contribution in [2.24, 2.45) is 0 Å². The Morgan fingerprint density at radius 2 is 2.30 bits per heavy atom. The topological polar surface area (TPSA) is 60.6 Å². The number of aromatic nitrogens is 1. The molecule has 0 radical (unpaired) electrons. The summed E-state index contributed by atoms with van der Waals surface area (Å²) in [6.07, 6.45) is 0. The zero-order valence-electron chi connectivity index (χ0n) is 11.3. The van der Waals surface area contributed by atoms with Crippen LogP contribution in [0, 0.1) is 0 Å². The van der Waals surface area contributed by atoms with Gasteiger partial charge in [0, 0.05) is 35.3 Å². The largest absolute Gasteiger partial charge is 0.467 e. The van der Waals surface area contributed by atoms with Gasteiger partial charge in [0.25, 0.3) is 0 Å². The van der Waals surface area contributed by atoms with Crippen LogP contribution in [-0.4, -0.2) is 23.7 Å². The summed E-state index contributed by atoms with van der Waals surface area (Å²) < 4.78 is 10.9. The van der Waals surface area contributed by atoms with Gasteiger partial charge in [0.15, 0.2) is 6.79 Å². The van der Waals surface area contributed by atoms with Crippen molar-refractivity contribution in [3.8, 4) is 5.75 Å². The number of nitrogens with zero attached hydrogens (tertiary/aromatic N) is 2. The Balaban J connectivity index is 1.78. The fourth-order valence-electron chi connectivity index (χ4n) is 2.38. The van der Waals surface area contributed by atoms with Crippen LogP contribution < -0.4 is 10.5 Å². The molecule has 0 aliphatic carbocycles. The summed E-state index contributed by atoms with van der Waals surface area (Å²) in [5.74, 6) is 0.913.